The Kier molecular flexibility index (Phi) is 6.25. The van der Waals surface area contributed by atoms with Crippen LogP contribution in [0.3, 0.4) is 0 Å². The van der Waals surface area contributed by atoms with Crippen molar-refractivity contribution < 1.29 is 13.9 Å². The molecule has 2 aromatic carbocycles. The minimum absolute atomic E-state index is 0.113. The van der Waals surface area contributed by atoms with Gasteiger partial charge in [-0.25, -0.2) is 9.18 Å². The quantitative estimate of drug-likeness (QED) is 0.612. The van der Waals surface area contributed by atoms with Crippen LogP contribution in [-0.2, 0) is 11.3 Å². The third-order valence-electron chi connectivity index (χ3n) is 5.37. The highest BCUT2D eigenvalue weighted by molar-refractivity contribution is 6.30. The van der Waals surface area contributed by atoms with Gasteiger partial charge in [0.05, 0.1) is 17.8 Å². The second-order valence-electron chi connectivity index (χ2n) is 7.40. The van der Waals surface area contributed by atoms with Gasteiger partial charge in [-0.2, -0.15) is 0 Å². The van der Waals surface area contributed by atoms with Gasteiger partial charge in [-0.05, 0) is 36.8 Å². The van der Waals surface area contributed by atoms with Crippen LogP contribution < -0.4 is 15.6 Å². The standard InChI is InChI=1S/C23H23ClFN3O3/c1-2-31-23(30)18-14-28(13-15-3-5-16(24)6-4-15)20-12-21(27-9-7-26-8-10-27)19(25)11-17(20)22(18)29/h3-6,11-12,14,26H,2,7-10,13H2,1H3. The summed E-state index contributed by atoms with van der Waals surface area (Å²) in [4.78, 5) is 27.4. The lowest BCUT2D eigenvalue weighted by Gasteiger charge is -2.30. The molecule has 2 heterocycles. The van der Waals surface area contributed by atoms with Crippen molar-refractivity contribution in [2.24, 2.45) is 0 Å². The largest absolute Gasteiger partial charge is 0.462 e. The summed E-state index contributed by atoms with van der Waals surface area (Å²) in [7, 11) is 0. The fourth-order valence-electron chi connectivity index (χ4n) is 3.82. The molecule has 6 nitrogen and oxygen atoms in total. The summed E-state index contributed by atoms with van der Waals surface area (Å²) in [6, 6.07) is 10.2. The maximum atomic E-state index is 15.0. The van der Waals surface area contributed by atoms with Gasteiger partial charge in [0.25, 0.3) is 0 Å². The lowest BCUT2D eigenvalue weighted by atomic mass is 10.1. The van der Waals surface area contributed by atoms with E-state index < -0.39 is 17.2 Å². The zero-order valence-corrected chi connectivity index (χ0v) is 17.9. The van der Waals surface area contributed by atoms with Crippen molar-refractivity contribution in [1.82, 2.24) is 9.88 Å². The average Bonchev–Trinajstić information content (AvgIpc) is 2.77. The van der Waals surface area contributed by atoms with Gasteiger partial charge >= 0.3 is 5.97 Å². The number of hydrogen-bond donors (Lipinski definition) is 1. The Morgan fingerprint density at radius 2 is 1.90 bits per heavy atom. The van der Waals surface area contributed by atoms with Crippen molar-refractivity contribution in [2.75, 3.05) is 37.7 Å². The smallest absolute Gasteiger partial charge is 0.343 e. The number of rotatable bonds is 5. The van der Waals surface area contributed by atoms with Gasteiger partial charge in [0.15, 0.2) is 0 Å². The van der Waals surface area contributed by atoms with Crippen molar-refractivity contribution in [3.05, 3.63) is 74.8 Å². The van der Waals surface area contributed by atoms with Gasteiger partial charge < -0.3 is 19.5 Å². The molecule has 162 valence electrons. The Morgan fingerprint density at radius 1 is 1.19 bits per heavy atom. The first-order valence-electron chi connectivity index (χ1n) is 10.2. The Morgan fingerprint density at radius 3 is 2.58 bits per heavy atom. The Labute approximate surface area is 184 Å². The van der Waals surface area contributed by atoms with Crippen LogP contribution in [0, 0.1) is 5.82 Å². The minimum atomic E-state index is -0.717. The minimum Gasteiger partial charge on any atom is -0.462 e. The number of halogens is 2. The van der Waals surface area contributed by atoms with Crippen molar-refractivity contribution in [1.29, 1.82) is 0 Å². The number of esters is 1. The molecule has 1 aliphatic heterocycles. The third-order valence-corrected chi connectivity index (χ3v) is 5.62. The van der Waals surface area contributed by atoms with E-state index in [0.717, 1.165) is 18.7 Å². The van der Waals surface area contributed by atoms with Crippen LogP contribution in [0.15, 0.2) is 47.4 Å². The summed E-state index contributed by atoms with van der Waals surface area (Å²) < 4.78 is 21.9. The molecule has 1 saturated heterocycles. The number of ether oxygens (including phenoxy) is 1. The van der Waals surface area contributed by atoms with E-state index in [1.807, 2.05) is 17.0 Å². The maximum Gasteiger partial charge on any atom is 0.343 e. The van der Waals surface area contributed by atoms with Crippen LogP contribution in [-0.4, -0.2) is 43.3 Å². The summed E-state index contributed by atoms with van der Waals surface area (Å²) in [6.45, 7) is 5.06. The SMILES string of the molecule is CCOC(=O)c1cn(Cc2ccc(Cl)cc2)c2cc(N3CCNCC3)c(F)cc2c1=O. The van der Waals surface area contributed by atoms with Crippen LogP contribution in [0.25, 0.3) is 10.9 Å². The lowest BCUT2D eigenvalue weighted by molar-refractivity contribution is 0.0524. The van der Waals surface area contributed by atoms with E-state index in [4.69, 9.17) is 16.3 Å². The summed E-state index contributed by atoms with van der Waals surface area (Å²) >= 11 is 5.99. The number of piperazine rings is 1. The van der Waals surface area contributed by atoms with E-state index in [-0.39, 0.29) is 17.6 Å². The molecule has 0 radical (unpaired) electrons. The van der Waals surface area contributed by atoms with E-state index in [9.17, 15) is 9.59 Å². The topological polar surface area (TPSA) is 63.6 Å². The third kappa shape index (κ3) is 4.43. The summed E-state index contributed by atoms with van der Waals surface area (Å²) in [5, 5.41) is 4.01. The van der Waals surface area contributed by atoms with Crippen LogP contribution in [0.5, 0.6) is 0 Å². The second kappa shape index (κ2) is 9.08. The van der Waals surface area contributed by atoms with Gasteiger partial charge in [-0.15, -0.1) is 0 Å². The molecule has 0 amide bonds. The number of carbonyl (C=O) groups excluding carboxylic acids is 1. The molecule has 31 heavy (non-hydrogen) atoms. The van der Waals surface area contributed by atoms with Crippen molar-refractivity contribution >= 4 is 34.2 Å². The van der Waals surface area contributed by atoms with E-state index in [0.29, 0.717) is 35.9 Å². The van der Waals surface area contributed by atoms with E-state index in [1.165, 1.54) is 12.3 Å². The first-order chi connectivity index (χ1) is 15.0. The zero-order valence-electron chi connectivity index (χ0n) is 17.2. The molecular weight excluding hydrogens is 421 g/mol. The van der Waals surface area contributed by atoms with Crippen molar-refractivity contribution in [3.63, 3.8) is 0 Å². The molecule has 0 bridgehead atoms. The number of nitrogens with zero attached hydrogens (tertiary/aromatic N) is 2. The second-order valence-corrected chi connectivity index (χ2v) is 7.84. The number of hydrogen-bond acceptors (Lipinski definition) is 5. The Hall–Kier alpha value is -2.90. The van der Waals surface area contributed by atoms with Crippen molar-refractivity contribution in [2.45, 2.75) is 13.5 Å². The normalized spacial score (nSPS) is 14.1. The highest BCUT2D eigenvalue weighted by Gasteiger charge is 2.21. The highest BCUT2D eigenvalue weighted by atomic mass is 35.5. The zero-order chi connectivity index (χ0) is 22.0. The van der Waals surface area contributed by atoms with Gasteiger partial charge in [0.2, 0.25) is 5.43 Å². The molecule has 0 spiro atoms. The molecule has 8 heteroatoms. The van der Waals surface area contributed by atoms with E-state index >= 15 is 4.39 Å². The lowest BCUT2D eigenvalue weighted by Crippen LogP contribution is -2.43. The summed E-state index contributed by atoms with van der Waals surface area (Å²) in [5.74, 6) is -1.20. The number of carbonyl (C=O) groups is 1. The molecule has 0 atom stereocenters. The molecule has 0 aliphatic carbocycles. The molecule has 0 saturated carbocycles. The number of aromatic nitrogens is 1. The van der Waals surface area contributed by atoms with Crippen LogP contribution >= 0.6 is 11.6 Å². The molecule has 4 rings (SSSR count). The summed E-state index contributed by atoms with van der Waals surface area (Å²) in [6.07, 6.45) is 1.50. The molecule has 1 fully saturated rings. The monoisotopic (exact) mass is 443 g/mol. The highest BCUT2D eigenvalue weighted by Crippen LogP contribution is 2.26. The maximum absolute atomic E-state index is 15.0. The Balaban J connectivity index is 1.89. The summed E-state index contributed by atoms with van der Waals surface area (Å²) in [5.41, 5.74) is 1.28. The molecule has 1 N–H and O–H groups in total. The molecule has 1 aromatic heterocycles. The number of anilines is 1. The number of benzene rings is 2. The van der Waals surface area contributed by atoms with Gasteiger partial charge in [-0.1, -0.05) is 23.7 Å². The van der Waals surface area contributed by atoms with Crippen LogP contribution in [0.4, 0.5) is 10.1 Å². The van der Waals surface area contributed by atoms with Gasteiger partial charge in [0.1, 0.15) is 11.4 Å². The molecule has 3 aromatic rings. The van der Waals surface area contributed by atoms with Gasteiger partial charge in [-0.3, -0.25) is 4.79 Å². The van der Waals surface area contributed by atoms with Crippen LogP contribution in [0.2, 0.25) is 5.02 Å². The first-order valence-corrected chi connectivity index (χ1v) is 10.6. The van der Waals surface area contributed by atoms with Crippen LogP contribution in [0.1, 0.15) is 22.8 Å². The molecule has 1 aliphatic rings. The number of nitrogens with one attached hydrogen (secondary N) is 1. The van der Waals surface area contributed by atoms with Gasteiger partial charge in [0, 0.05) is 49.3 Å². The first kappa shape index (κ1) is 21.3. The van der Waals surface area contributed by atoms with E-state index in [1.54, 1.807) is 29.7 Å². The number of pyridine rings is 1. The van der Waals surface area contributed by atoms with Crippen molar-refractivity contribution in [3.8, 4) is 0 Å². The molecular formula is C23H23ClFN3O3. The molecule has 0 unspecified atom stereocenters. The Bertz CT molecular complexity index is 1170. The predicted octanol–water partition coefficient (Wildman–Crippen LogP) is 3.43. The van der Waals surface area contributed by atoms with E-state index in [2.05, 4.69) is 5.32 Å². The average molecular weight is 444 g/mol. The fraction of sp³-hybridized carbons (Fsp3) is 0.304. The number of fused-ring (bicyclic) bond motifs is 1. The predicted molar refractivity (Wildman–Crippen MR) is 120 cm³/mol. The fourth-order valence-corrected chi connectivity index (χ4v) is 3.95.